The first-order valence-corrected chi connectivity index (χ1v) is 5.98. The van der Waals surface area contributed by atoms with E-state index < -0.39 is 0 Å². The lowest BCUT2D eigenvalue weighted by molar-refractivity contribution is 0.427. The number of rotatable bonds is 2. The molecule has 0 radical (unpaired) electrons. The molecular formula is C12H7FN2O2S. The molecule has 4 nitrogen and oxygen atoms in total. The summed E-state index contributed by atoms with van der Waals surface area (Å²) in [6, 6.07) is 7.47. The van der Waals surface area contributed by atoms with E-state index in [2.05, 4.69) is 10.1 Å². The number of hydrogen-bond acceptors (Lipinski definition) is 5. The van der Waals surface area contributed by atoms with E-state index in [1.54, 1.807) is 23.6 Å². The molecule has 0 amide bonds. The van der Waals surface area contributed by atoms with Crippen LogP contribution in [-0.2, 0) is 0 Å². The standard InChI is InChI=1S/C12H7FN2O2S/c13-8-3-1-2-7(6-8)11-14-12(17-15-11)10-9(16)4-5-18-10/h1-6,16H. The van der Waals surface area contributed by atoms with E-state index in [0.717, 1.165) is 0 Å². The second kappa shape index (κ2) is 4.23. The molecule has 2 heterocycles. The molecule has 0 aliphatic heterocycles. The summed E-state index contributed by atoms with van der Waals surface area (Å²) < 4.78 is 18.1. The molecule has 0 saturated heterocycles. The maximum Gasteiger partial charge on any atom is 0.272 e. The summed E-state index contributed by atoms with van der Waals surface area (Å²) in [6.07, 6.45) is 0. The molecule has 90 valence electrons. The molecule has 6 heteroatoms. The van der Waals surface area contributed by atoms with Gasteiger partial charge in [0.1, 0.15) is 16.4 Å². The van der Waals surface area contributed by atoms with Crippen molar-refractivity contribution in [2.75, 3.05) is 0 Å². The van der Waals surface area contributed by atoms with Crippen molar-refractivity contribution >= 4 is 11.3 Å². The molecule has 0 aliphatic carbocycles. The van der Waals surface area contributed by atoms with Gasteiger partial charge in [-0.1, -0.05) is 17.3 Å². The SMILES string of the molecule is Oc1ccsc1-c1nc(-c2cccc(F)c2)no1. The first kappa shape index (κ1) is 10.9. The Balaban J connectivity index is 2.02. The van der Waals surface area contributed by atoms with Crippen molar-refractivity contribution in [1.29, 1.82) is 0 Å². The zero-order valence-corrected chi connectivity index (χ0v) is 9.82. The van der Waals surface area contributed by atoms with E-state index in [1.807, 2.05) is 0 Å². The van der Waals surface area contributed by atoms with Crippen LogP contribution in [-0.4, -0.2) is 15.2 Å². The van der Waals surface area contributed by atoms with E-state index in [4.69, 9.17) is 4.52 Å². The Bertz CT molecular complexity index is 693. The zero-order valence-electron chi connectivity index (χ0n) is 9.00. The Labute approximate surface area is 105 Å². The lowest BCUT2D eigenvalue weighted by Gasteiger charge is -1.92. The third kappa shape index (κ3) is 1.86. The molecule has 0 bridgehead atoms. The topological polar surface area (TPSA) is 59.2 Å². The van der Waals surface area contributed by atoms with Crippen LogP contribution < -0.4 is 0 Å². The van der Waals surface area contributed by atoms with E-state index >= 15 is 0 Å². The van der Waals surface area contributed by atoms with E-state index in [1.165, 1.54) is 23.5 Å². The zero-order chi connectivity index (χ0) is 12.5. The van der Waals surface area contributed by atoms with Gasteiger partial charge in [0.15, 0.2) is 0 Å². The van der Waals surface area contributed by atoms with Gasteiger partial charge in [-0.05, 0) is 23.6 Å². The minimum atomic E-state index is -0.363. The maximum atomic E-state index is 13.1. The predicted octanol–water partition coefficient (Wildman–Crippen LogP) is 3.31. The second-order valence-electron chi connectivity index (χ2n) is 3.57. The van der Waals surface area contributed by atoms with Crippen molar-refractivity contribution in [3.63, 3.8) is 0 Å². The molecule has 3 rings (SSSR count). The highest BCUT2D eigenvalue weighted by Gasteiger charge is 2.15. The number of aromatic nitrogens is 2. The van der Waals surface area contributed by atoms with Gasteiger partial charge in [-0.3, -0.25) is 0 Å². The molecule has 0 spiro atoms. The average Bonchev–Trinajstić information content (AvgIpc) is 2.97. The number of benzene rings is 1. The third-order valence-electron chi connectivity index (χ3n) is 2.35. The van der Waals surface area contributed by atoms with Gasteiger partial charge in [0.25, 0.3) is 5.89 Å². The van der Waals surface area contributed by atoms with Crippen LogP contribution in [0.3, 0.4) is 0 Å². The molecule has 0 aliphatic rings. The minimum absolute atomic E-state index is 0.0921. The largest absolute Gasteiger partial charge is 0.506 e. The Morgan fingerprint density at radius 1 is 1.28 bits per heavy atom. The summed E-state index contributed by atoms with van der Waals surface area (Å²) in [5, 5.41) is 15.0. The Morgan fingerprint density at radius 3 is 2.89 bits per heavy atom. The van der Waals surface area contributed by atoms with Crippen molar-refractivity contribution in [2.45, 2.75) is 0 Å². The fraction of sp³-hybridized carbons (Fsp3) is 0. The first-order chi connectivity index (χ1) is 8.74. The molecule has 1 aromatic carbocycles. The monoisotopic (exact) mass is 262 g/mol. The molecular weight excluding hydrogens is 255 g/mol. The highest BCUT2D eigenvalue weighted by molar-refractivity contribution is 7.13. The summed E-state index contributed by atoms with van der Waals surface area (Å²) >= 11 is 1.29. The highest BCUT2D eigenvalue weighted by Crippen LogP contribution is 2.34. The highest BCUT2D eigenvalue weighted by atomic mass is 32.1. The molecule has 0 fully saturated rings. The van der Waals surface area contributed by atoms with Gasteiger partial charge in [0.05, 0.1) is 0 Å². The minimum Gasteiger partial charge on any atom is -0.506 e. The molecule has 0 unspecified atom stereocenters. The van der Waals surface area contributed by atoms with Crippen LogP contribution >= 0.6 is 11.3 Å². The van der Waals surface area contributed by atoms with Crippen LogP contribution in [0.25, 0.3) is 22.2 Å². The summed E-state index contributed by atoms with van der Waals surface area (Å²) in [6.45, 7) is 0. The number of aromatic hydroxyl groups is 1. The first-order valence-electron chi connectivity index (χ1n) is 5.10. The number of hydrogen-bond donors (Lipinski definition) is 1. The Kier molecular flexibility index (Phi) is 2.56. The van der Waals surface area contributed by atoms with Gasteiger partial charge in [0, 0.05) is 5.56 Å². The second-order valence-corrected chi connectivity index (χ2v) is 4.48. The molecule has 0 atom stereocenters. The number of halogens is 1. The fourth-order valence-electron chi connectivity index (χ4n) is 1.52. The van der Waals surface area contributed by atoms with Crippen molar-refractivity contribution < 1.29 is 14.0 Å². The van der Waals surface area contributed by atoms with E-state index in [0.29, 0.717) is 10.4 Å². The van der Waals surface area contributed by atoms with Crippen LogP contribution in [0.1, 0.15) is 0 Å². The van der Waals surface area contributed by atoms with Crippen molar-refractivity contribution in [3.8, 4) is 27.9 Å². The van der Waals surface area contributed by atoms with Gasteiger partial charge in [-0.2, -0.15) is 4.98 Å². The molecule has 0 saturated carbocycles. The van der Waals surface area contributed by atoms with Crippen LogP contribution in [0, 0.1) is 5.82 Å². The number of thiophene rings is 1. The summed E-state index contributed by atoms with van der Waals surface area (Å²) in [5.74, 6) is 0.242. The van der Waals surface area contributed by atoms with Gasteiger partial charge in [-0.25, -0.2) is 4.39 Å². The third-order valence-corrected chi connectivity index (χ3v) is 3.24. The lowest BCUT2D eigenvalue weighted by atomic mass is 10.2. The summed E-state index contributed by atoms with van der Waals surface area (Å²) in [4.78, 5) is 4.64. The van der Waals surface area contributed by atoms with Crippen LogP contribution in [0.15, 0.2) is 40.2 Å². The van der Waals surface area contributed by atoms with Gasteiger partial charge >= 0.3 is 0 Å². The summed E-state index contributed by atoms with van der Waals surface area (Å²) in [7, 11) is 0. The Hall–Kier alpha value is -2.21. The molecule has 3 aromatic rings. The predicted molar refractivity (Wildman–Crippen MR) is 64.7 cm³/mol. The van der Waals surface area contributed by atoms with Gasteiger partial charge in [0.2, 0.25) is 5.82 Å². The lowest BCUT2D eigenvalue weighted by Crippen LogP contribution is -1.82. The Morgan fingerprint density at radius 2 is 2.17 bits per heavy atom. The van der Waals surface area contributed by atoms with Crippen molar-refractivity contribution in [1.82, 2.24) is 10.1 Å². The molecule has 18 heavy (non-hydrogen) atoms. The normalized spacial score (nSPS) is 10.7. The van der Waals surface area contributed by atoms with Gasteiger partial charge < -0.3 is 9.63 Å². The van der Waals surface area contributed by atoms with Crippen LogP contribution in [0.2, 0.25) is 0 Å². The quantitative estimate of drug-likeness (QED) is 0.769. The average molecular weight is 262 g/mol. The van der Waals surface area contributed by atoms with E-state index in [9.17, 15) is 9.50 Å². The molecule has 1 N–H and O–H groups in total. The van der Waals surface area contributed by atoms with Gasteiger partial charge in [-0.15, -0.1) is 11.3 Å². The van der Waals surface area contributed by atoms with Crippen molar-refractivity contribution in [2.24, 2.45) is 0 Å². The number of nitrogens with zero attached hydrogens (tertiary/aromatic N) is 2. The van der Waals surface area contributed by atoms with Crippen molar-refractivity contribution in [3.05, 3.63) is 41.5 Å². The fourth-order valence-corrected chi connectivity index (χ4v) is 2.23. The van der Waals surface area contributed by atoms with Crippen LogP contribution in [0.4, 0.5) is 4.39 Å². The molecule has 2 aromatic heterocycles. The van der Waals surface area contributed by atoms with E-state index in [-0.39, 0.29) is 23.3 Å². The smallest absolute Gasteiger partial charge is 0.272 e. The maximum absolute atomic E-state index is 13.1. The summed E-state index contributed by atoms with van der Waals surface area (Å²) in [5.41, 5.74) is 0.529. The van der Waals surface area contributed by atoms with Crippen LogP contribution in [0.5, 0.6) is 5.75 Å².